The van der Waals surface area contributed by atoms with E-state index in [0.29, 0.717) is 18.3 Å². The van der Waals surface area contributed by atoms with Crippen molar-refractivity contribution in [2.24, 2.45) is 13.0 Å². The average molecular weight is 306 g/mol. The minimum atomic E-state index is -0.00569. The lowest BCUT2D eigenvalue weighted by molar-refractivity contribution is -0.133. The Labute approximate surface area is 131 Å². The number of nitrogens with zero attached hydrogens (tertiary/aromatic N) is 4. The number of carbonyl (C=O) groups excluding carboxylic acids is 1. The van der Waals surface area contributed by atoms with Crippen molar-refractivity contribution in [1.29, 1.82) is 0 Å². The molecule has 0 bridgehead atoms. The van der Waals surface area contributed by atoms with Gasteiger partial charge >= 0.3 is 5.69 Å². The van der Waals surface area contributed by atoms with Crippen LogP contribution < -0.4 is 5.69 Å². The van der Waals surface area contributed by atoms with Crippen LogP contribution in [-0.2, 0) is 11.8 Å². The molecule has 0 atom stereocenters. The molecule has 1 aliphatic heterocycles. The van der Waals surface area contributed by atoms with Crippen molar-refractivity contribution in [1.82, 2.24) is 19.2 Å². The van der Waals surface area contributed by atoms with Crippen LogP contribution >= 0.6 is 0 Å². The number of rotatable bonds is 4. The van der Waals surface area contributed by atoms with E-state index in [1.54, 1.807) is 7.05 Å². The predicted molar refractivity (Wildman–Crippen MR) is 83.7 cm³/mol. The Hall–Kier alpha value is -1.59. The maximum absolute atomic E-state index is 12.4. The second kappa shape index (κ2) is 5.89. The van der Waals surface area contributed by atoms with E-state index in [-0.39, 0.29) is 17.6 Å². The lowest BCUT2D eigenvalue weighted by Crippen LogP contribution is -2.41. The quantitative estimate of drug-likeness (QED) is 0.850. The second-order valence-electron chi connectivity index (χ2n) is 7.12. The maximum Gasteiger partial charge on any atom is 0.345 e. The third kappa shape index (κ3) is 2.96. The Bertz CT molecular complexity index is 604. The van der Waals surface area contributed by atoms with E-state index in [2.05, 4.69) is 18.9 Å². The highest BCUT2D eigenvalue weighted by Crippen LogP contribution is 2.40. The molecule has 6 heteroatoms. The summed E-state index contributed by atoms with van der Waals surface area (Å²) in [7, 11) is 1.73. The molecule has 6 nitrogen and oxygen atoms in total. The minimum absolute atomic E-state index is 0.00569. The summed E-state index contributed by atoms with van der Waals surface area (Å²) < 4.78 is 3.37. The van der Waals surface area contributed by atoms with Gasteiger partial charge < -0.3 is 4.90 Å². The largest absolute Gasteiger partial charge is 0.345 e. The zero-order chi connectivity index (χ0) is 15.9. The highest BCUT2D eigenvalue weighted by atomic mass is 16.2. The fraction of sp³-hybridized carbons (Fsp3) is 0.812. The van der Waals surface area contributed by atoms with Crippen LogP contribution in [-0.4, -0.2) is 38.2 Å². The summed E-state index contributed by atoms with van der Waals surface area (Å²) in [6.07, 6.45) is 4.61. The molecule has 2 fully saturated rings. The van der Waals surface area contributed by atoms with Gasteiger partial charge in [-0.25, -0.2) is 9.48 Å². The van der Waals surface area contributed by atoms with Crippen molar-refractivity contribution in [2.45, 2.75) is 57.9 Å². The Morgan fingerprint density at radius 2 is 1.86 bits per heavy atom. The molecule has 3 rings (SSSR count). The highest BCUT2D eigenvalue weighted by molar-refractivity contribution is 5.76. The molecule has 0 aromatic carbocycles. The zero-order valence-corrected chi connectivity index (χ0v) is 13.8. The lowest BCUT2D eigenvalue weighted by atomic mass is 10.0. The molecule has 0 spiro atoms. The summed E-state index contributed by atoms with van der Waals surface area (Å²) in [5.74, 6) is 2.07. The third-order valence-electron chi connectivity index (χ3n) is 4.69. The third-order valence-corrected chi connectivity index (χ3v) is 4.69. The SMILES string of the molecule is CC(C)CC(=O)N1CCC(n2c(C3CC3)nn(C)c2=O)CC1. The average Bonchev–Trinajstić information content (AvgIpc) is 3.26. The van der Waals surface area contributed by atoms with Gasteiger partial charge in [-0.05, 0) is 31.6 Å². The van der Waals surface area contributed by atoms with E-state index in [9.17, 15) is 9.59 Å². The second-order valence-corrected chi connectivity index (χ2v) is 7.12. The van der Waals surface area contributed by atoms with Gasteiger partial charge in [-0.15, -0.1) is 0 Å². The molecule has 1 aromatic rings. The summed E-state index contributed by atoms with van der Waals surface area (Å²) in [4.78, 5) is 26.5. The van der Waals surface area contributed by atoms with Gasteiger partial charge in [-0.3, -0.25) is 9.36 Å². The number of amides is 1. The molecule has 2 aliphatic rings. The van der Waals surface area contributed by atoms with Crippen molar-refractivity contribution in [3.05, 3.63) is 16.3 Å². The molecule has 1 aliphatic carbocycles. The first-order chi connectivity index (χ1) is 10.5. The van der Waals surface area contributed by atoms with Crippen molar-refractivity contribution < 1.29 is 4.79 Å². The van der Waals surface area contributed by atoms with Crippen LogP contribution in [0.4, 0.5) is 0 Å². The smallest absolute Gasteiger partial charge is 0.343 e. The van der Waals surface area contributed by atoms with Gasteiger partial charge in [0.15, 0.2) is 0 Å². The number of piperidine rings is 1. The standard InChI is InChI=1S/C16H26N4O2/c1-11(2)10-14(21)19-8-6-13(7-9-19)20-15(12-4-5-12)17-18(3)16(20)22/h11-13H,4-10H2,1-3H3. The molecule has 1 amide bonds. The normalized spacial score (nSPS) is 19.9. The summed E-state index contributed by atoms with van der Waals surface area (Å²) in [5.41, 5.74) is -0.00569. The van der Waals surface area contributed by atoms with Gasteiger partial charge in [0.2, 0.25) is 5.91 Å². The van der Waals surface area contributed by atoms with Crippen LogP contribution in [0.15, 0.2) is 4.79 Å². The van der Waals surface area contributed by atoms with Crippen molar-refractivity contribution in [2.75, 3.05) is 13.1 Å². The van der Waals surface area contributed by atoms with Gasteiger partial charge in [0.05, 0.1) is 0 Å². The number of aryl methyl sites for hydroxylation is 1. The number of likely N-dealkylation sites (tertiary alicyclic amines) is 1. The number of carbonyl (C=O) groups is 1. The summed E-state index contributed by atoms with van der Waals surface area (Å²) >= 11 is 0. The van der Waals surface area contributed by atoms with E-state index >= 15 is 0 Å². The van der Waals surface area contributed by atoms with Gasteiger partial charge in [0.25, 0.3) is 0 Å². The van der Waals surface area contributed by atoms with Gasteiger partial charge in [-0.2, -0.15) is 5.10 Å². The van der Waals surface area contributed by atoms with Crippen LogP contribution in [0, 0.1) is 5.92 Å². The van der Waals surface area contributed by atoms with Crippen molar-refractivity contribution in [3.8, 4) is 0 Å². The van der Waals surface area contributed by atoms with Crippen molar-refractivity contribution >= 4 is 5.91 Å². The summed E-state index contributed by atoms with van der Waals surface area (Å²) in [6, 6.07) is 0.194. The monoisotopic (exact) mass is 306 g/mol. The van der Waals surface area contributed by atoms with E-state index in [1.807, 2.05) is 9.47 Å². The minimum Gasteiger partial charge on any atom is -0.343 e. The molecule has 1 aromatic heterocycles. The molecule has 0 N–H and O–H groups in total. The topological polar surface area (TPSA) is 60.1 Å². The van der Waals surface area contributed by atoms with Gasteiger partial charge in [-0.1, -0.05) is 13.8 Å². The molecule has 1 saturated heterocycles. The fourth-order valence-electron chi connectivity index (χ4n) is 3.31. The summed E-state index contributed by atoms with van der Waals surface area (Å²) in [5, 5.41) is 4.43. The van der Waals surface area contributed by atoms with Gasteiger partial charge in [0, 0.05) is 38.5 Å². The van der Waals surface area contributed by atoms with E-state index < -0.39 is 0 Å². The number of hydrogen-bond acceptors (Lipinski definition) is 3. The molecule has 0 unspecified atom stereocenters. The van der Waals surface area contributed by atoms with Crippen molar-refractivity contribution in [3.63, 3.8) is 0 Å². The van der Waals surface area contributed by atoms with E-state index in [0.717, 1.165) is 44.6 Å². The van der Waals surface area contributed by atoms with Crippen LogP contribution in [0.25, 0.3) is 0 Å². The van der Waals surface area contributed by atoms with Gasteiger partial charge in [0.1, 0.15) is 5.82 Å². The molecular formula is C16H26N4O2. The first kappa shape index (κ1) is 15.3. The molecular weight excluding hydrogens is 280 g/mol. The Kier molecular flexibility index (Phi) is 4.10. The van der Waals surface area contributed by atoms with E-state index in [1.165, 1.54) is 4.68 Å². The Morgan fingerprint density at radius 1 is 1.23 bits per heavy atom. The Morgan fingerprint density at radius 3 is 2.41 bits per heavy atom. The van der Waals surface area contributed by atoms with Crippen LogP contribution in [0.1, 0.15) is 63.7 Å². The Balaban J connectivity index is 1.69. The maximum atomic E-state index is 12.4. The van der Waals surface area contributed by atoms with Crippen LogP contribution in [0.5, 0.6) is 0 Å². The lowest BCUT2D eigenvalue weighted by Gasteiger charge is -2.33. The van der Waals surface area contributed by atoms with Crippen LogP contribution in [0.2, 0.25) is 0 Å². The summed E-state index contributed by atoms with van der Waals surface area (Å²) in [6.45, 7) is 5.65. The zero-order valence-electron chi connectivity index (χ0n) is 13.8. The molecule has 122 valence electrons. The van der Waals surface area contributed by atoms with Crippen LogP contribution in [0.3, 0.4) is 0 Å². The molecule has 2 heterocycles. The number of aromatic nitrogens is 3. The highest BCUT2D eigenvalue weighted by Gasteiger charge is 2.34. The molecule has 0 radical (unpaired) electrons. The molecule has 1 saturated carbocycles. The predicted octanol–water partition coefficient (Wildman–Crippen LogP) is 1.67. The first-order valence-corrected chi connectivity index (χ1v) is 8.40. The van der Waals surface area contributed by atoms with E-state index in [4.69, 9.17) is 0 Å². The first-order valence-electron chi connectivity index (χ1n) is 8.40. The fourth-order valence-corrected chi connectivity index (χ4v) is 3.31. The number of hydrogen-bond donors (Lipinski definition) is 0. The molecule has 22 heavy (non-hydrogen) atoms.